The second kappa shape index (κ2) is 11.1. The van der Waals surface area contributed by atoms with Crippen molar-refractivity contribution in [2.24, 2.45) is 5.92 Å². The Morgan fingerprint density at radius 1 is 1.11 bits per heavy atom. The maximum atomic E-state index is 14.0. The Morgan fingerprint density at radius 3 is 2.54 bits per heavy atom. The van der Waals surface area contributed by atoms with Crippen LogP contribution in [0.1, 0.15) is 31.2 Å². The number of ether oxygens (including phenoxy) is 1. The normalized spacial score (nSPS) is 21.2. The first-order valence-electron chi connectivity index (χ1n) is 11.3. The Morgan fingerprint density at radius 2 is 1.84 bits per heavy atom. The molecule has 2 aromatic heterocycles. The summed E-state index contributed by atoms with van der Waals surface area (Å²) < 4.78 is 60.2. The zero-order chi connectivity index (χ0) is 24.6. The van der Waals surface area contributed by atoms with Gasteiger partial charge in [0.2, 0.25) is 0 Å². The standard InChI is InChI=1S/C24H23F4N5O2.2ClH/c25-19-3-1-2-4-20(19)33-10-7-21(31-33)30-12-16-5-8-23(9-6-16)15-32(22(34)35-23)18-11-17(13-29-14-18)24(26,27)28;;/h1-4,7,10-11,13-14,16H,5-6,8-9,12,15H2,(H,30,31);2*1H. The quantitative estimate of drug-likeness (QED) is 0.372. The van der Waals surface area contributed by atoms with Crippen LogP contribution < -0.4 is 10.2 Å². The summed E-state index contributed by atoms with van der Waals surface area (Å²) in [7, 11) is 0. The van der Waals surface area contributed by atoms with Crippen LogP contribution in [0, 0.1) is 11.7 Å². The molecule has 1 aromatic carbocycles. The number of nitrogens with one attached hydrogen (secondary N) is 1. The third kappa shape index (κ3) is 6.10. The summed E-state index contributed by atoms with van der Waals surface area (Å²) in [5.41, 5.74) is -1.18. The molecule has 37 heavy (non-hydrogen) atoms. The van der Waals surface area contributed by atoms with Gasteiger partial charge >= 0.3 is 12.3 Å². The topological polar surface area (TPSA) is 72.3 Å². The van der Waals surface area contributed by atoms with Gasteiger partial charge in [-0.05, 0) is 49.8 Å². The second-order valence-corrected chi connectivity index (χ2v) is 8.99. The van der Waals surface area contributed by atoms with Crippen LogP contribution in [-0.2, 0) is 10.9 Å². The molecular formula is C24H25Cl2F4N5O2. The number of rotatable bonds is 5. The van der Waals surface area contributed by atoms with Crippen molar-refractivity contribution in [1.29, 1.82) is 0 Å². The Balaban J connectivity index is 0.00000190. The predicted octanol–water partition coefficient (Wildman–Crippen LogP) is 6.27. The van der Waals surface area contributed by atoms with Gasteiger partial charge in [-0.2, -0.15) is 18.3 Å². The minimum Gasteiger partial charge on any atom is -0.441 e. The lowest BCUT2D eigenvalue weighted by molar-refractivity contribution is -0.137. The smallest absolute Gasteiger partial charge is 0.417 e. The molecule has 3 aromatic rings. The third-order valence-corrected chi connectivity index (χ3v) is 6.61. The summed E-state index contributed by atoms with van der Waals surface area (Å²) in [6.45, 7) is 0.849. The molecule has 0 radical (unpaired) electrons. The second-order valence-electron chi connectivity index (χ2n) is 8.99. The van der Waals surface area contributed by atoms with Crippen molar-refractivity contribution in [3.05, 3.63) is 66.4 Å². The van der Waals surface area contributed by atoms with Crippen molar-refractivity contribution in [2.45, 2.75) is 37.5 Å². The van der Waals surface area contributed by atoms with E-state index in [-0.39, 0.29) is 42.9 Å². The Labute approximate surface area is 223 Å². The fourth-order valence-corrected chi connectivity index (χ4v) is 4.66. The highest BCUT2D eigenvalue weighted by molar-refractivity contribution is 5.90. The average Bonchev–Trinajstić information content (AvgIpc) is 3.43. The number of hydrogen-bond acceptors (Lipinski definition) is 5. The summed E-state index contributed by atoms with van der Waals surface area (Å²) in [6.07, 6.45) is 1.25. The number of amides is 1. The van der Waals surface area contributed by atoms with E-state index in [1.54, 1.807) is 30.5 Å². The van der Waals surface area contributed by atoms with Gasteiger partial charge in [-0.1, -0.05) is 12.1 Å². The van der Waals surface area contributed by atoms with E-state index < -0.39 is 23.4 Å². The predicted molar refractivity (Wildman–Crippen MR) is 134 cm³/mol. The molecule has 3 heterocycles. The molecule has 1 aliphatic heterocycles. The van der Waals surface area contributed by atoms with E-state index in [0.29, 0.717) is 36.8 Å². The summed E-state index contributed by atoms with van der Waals surface area (Å²) in [6, 6.07) is 9.08. The van der Waals surface area contributed by atoms with Crippen LogP contribution in [0.25, 0.3) is 5.69 Å². The molecule has 13 heteroatoms. The number of pyridine rings is 1. The molecule has 1 N–H and O–H groups in total. The van der Waals surface area contributed by atoms with E-state index in [1.807, 2.05) is 0 Å². The van der Waals surface area contributed by atoms with Gasteiger partial charge in [-0.3, -0.25) is 9.88 Å². The van der Waals surface area contributed by atoms with Crippen LogP contribution in [0.4, 0.5) is 33.9 Å². The van der Waals surface area contributed by atoms with Gasteiger partial charge in [-0.25, -0.2) is 13.9 Å². The first-order valence-corrected chi connectivity index (χ1v) is 11.3. The monoisotopic (exact) mass is 561 g/mol. The number of para-hydroxylation sites is 1. The average molecular weight is 562 g/mol. The maximum absolute atomic E-state index is 14.0. The fraction of sp³-hybridized carbons (Fsp3) is 0.375. The van der Waals surface area contributed by atoms with Crippen LogP contribution in [0.5, 0.6) is 0 Å². The van der Waals surface area contributed by atoms with E-state index >= 15 is 0 Å². The lowest BCUT2D eigenvalue weighted by Gasteiger charge is -2.35. The van der Waals surface area contributed by atoms with Gasteiger partial charge in [0.1, 0.15) is 22.9 Å². The van der Waals surface area contributed by atoms with Crippen molar-refractivity contribution in [3.8, 4) is 5.69 Å². The van der Waals surface area contributed by atoms with Crippen LogP contribution in [-0.4, -0.2) is 39.5 Å². The number of halogens is 6. The Kier molecular flexibility index (Phi) is 8.59. The summed E-state index contributed by atoms with van der Waals surface area (Å²) >= 11 is 0. The van der Waals surface area contributed by atoms with Crippen molar-refractivity contribution < 1.29 is 27.1 Å². The van der Waals surface area contributed by atoms with Gasteiger partial charge in [0.15, 0.2) is 0 Å². The lowest BCUT2D eigenvalue weighted by atomic mass is 9.78. The number of alkyl halides is 3. The fourth-order valence-electron chi connectivity index (χ4n) is 4.66. The minimum atomic E-state index is -4.54. The lowest BCUT2D eigenvalue weighted by Crippen LogP contribution is -2.39. The van der Waals surface area contributed by atoms with Crippen LogP contribution >= 0.6 is 24.8 Å². The van der Waals surface area contributed by atoms with Crippen LogP contribution in [0.15, 0.2) is 55.0 Å². The molecule has 0 unspecified atom stereocenters. The van der Waals surface area contributed by atoms with Crippen molar-refractivity contribution in [2.75, 3.05) is 23.3 Å². The highest BCUT2D eigenvalue weighted by Gasteiger charge is 2.48. The van der Waals surface area contributed by atoms with Crippen molar-refractivity contribution in [3.63, 3.8) is 0 Å². The molecule has 0 atom stereocenters. The number of benzene rings is 1. The van der Waals surface area contributed by atoms with Crippen LogP contribution in [0.2, 0.25) is 0 Å². The van der Waals surface area contributed by atoms with E-state index in [4.69, 9.17) is 4.74 Å². The number of nitrogens with zero attached hydrogens (tertiary/aromatic N) is 4. The van der Waals surface area contributed by atoms with E-state index in [2.05, 4.69) is 15.4 Å². The van der Waals surface area contributed by atoms with Crippen molar-refractivity contribution >= 4 is 42.4 Å². The minimum absolute atomic E-state index is 0. The molecule has 5 rings (SSSR count). The van der Waals surface area contributed by atoms with Gasteiger partial charge < -0.3 is 10.1 Å². The van der Waals surface area contributed by atoms with Gasteiger partial charge in [-0.15, -0.1) is 24.8 Å². The molecule has 200 valence electrons. The van der Waals surface area contributed by atoms with Crippen LogP contribution in [0.3, 0.4) is 0 Å². The van der Waals surface area contributed by atoms with E-state index in [9.17, 15) is 22.4 Å². The van der Waals surface area contributed by atoms with E-state index in [1.165, 1.54) is 21.8 Å². The molecule has 2 fully saturated rings. The molecule has 1 spiro atoms. The molecular weight excluding hydrogens is 537 g/mol. The van der Waals surface area contributed by atoms with Gasteiger partial charge in [0.25, 0.3) is 0 Å². The summed E-state index contributed by atoms with van der Waals surface area (Å²) in [5.74, 6) is 0.576. The number of aromatic nitrogens is 3. The molecule has 1 amide bonds. The molecule has 2 aliphatic rings. The van der Waals surface area contributed by atoms with E-state index in [0.717, 1.165) is 25.1 Å². The number of carbonyl (C=O) groups excluding carboxylic acids is 1. The molecule has 0 bridgehead atoms. The van der Waals surface area contributed by atoms with Crippen molar-refractivity contribution in [1.82, 2.24) is 14.8 Å². The number of hydrogen-bond donors (Lipinski definition) is 1. The number of carbonyl (C=O) groups is 1. The highest BCUT2D eigenvalue weighted by atomic mass is 35.5. The Bertz CT molecular complexity index is 1230. The summed E-state index contributed by atoms with van der Waals surface area (Å²) in [4.78, 5) is 17.4. The Hall–Kier alpha value is -3.05. The number of anilines is 2. The molecule has 7 nitrogen and oxygen atoms in total. The molecule has 1 saturated carbocycles. The zero-order valence-corrected chi connectivity index (χ0v) is 21.1. The third-order valence-electron chi connectivity index (χ3n) is 6.61. The molecule has 1 aliphatic carbocycles. The molecule has 1 saturated heterocycles. The maximum Gasteiger partial charge on any atom is 0.417 e. The summed E-state index contributed by atoms with van der Waals surface area (Å²) in [5, 5.41) is 7.66. The largest absolute Gasteiger partial charge is 0.441 e. The van der Waals surface area contributed by atoms with Gasteiger partial charge in [0.05, 0.1) is 24.0 Å². The first-order chi connectivity index (χ1) is 16.7. The SMILES string of the molecule is Cl.Cl.O=C1OC2(CCC(CNc3ccn(-c4ccccc4F)n3)CC2)CN1c1cncc(C(F)(F)F)c1. The highest BCUT2D eigenvalue weighted by Crippen LogP contribution is 2.41. The first kappa shape index (κ1) is 28.5. The van der Waals surface area contributed by atoms with Gasteiger partial charge in [0, 0.05) is 25.0 Å². The zero-order valence-electron chi connectivity index (χ0n) is 19.4.